The van der Waals surface area contributed by atoms with Crippen molar-refractivity contribution in [3.05, 3.63) is 65.3 Å². The number of nitrogens with one attached hydrogen (secondary N) is 2. The highest BCUT2D eigenvalue weighted by atomic mass is 35.5. The molecule has 0 saturated carbocycles. The maximum Gasteiger partial charge on any atom is 0.322 e. The molecule has 0 fully saturated rings. The molecule has 2 aromatic carbocycles. The van der Waals surface area contributed by atoms with Crippen molar-refractivity contribution in [2.45, 2.75) is 59.3 Å². The molecule has 0 aliphatic carbocycles. The van der Waals surface area contributed by atoms with Gasteiger partial charge >= 0.3 is 6.03 Å². The van der Waals surface area contributed by atoms with Crippen LogP contribution in [-0.2, 0) is 10.2 Å². The van der Waals surface area contributed by atoms with Crippen LogP contribution in [0.3, 0.4) is 0 Å². The number of urea groups is 1. The third kappa shape index (κ3) is 7.99. The van der Waals surface area contributed by atoms with Crippen molar-refractivity contribution in [2.24, 2.45) is 0 Å². The van der Waals surface area contributed by atoms with E-state index in [0.29, 0.717) is 35.4 Å². The van der Waals surface area contributed by atoms with Gasteiger partial charge in [0.1, 0.15) is 18.1 Å². The molecule has 204 valence electrons. The van der Waals surface area contributed by atoms with Gasteiger partial charge in [-0.3, -0.25) is 4.79 Å². The summed E-state index contributed by atoms with van der Waals surface area (Å²) in [5.74, 6) is 0.903. The standard InChI is InChI=1S/C29H38ClN5O3/c1-6-8-11-18-34(28(37)31-21-14-16-22(17-15-21)38-7-2)20-27(36)32-26-19-25(29(3,4)5)33-35(26)24-13-10-9-12-23(24)30/h9-10,12-17,19H,6-8,11,18,20H2,1-5H3,(H,31,37)(H,32,36). The number of carbonyl (C=O) groups excluding carboxylic acids is 2. The Labute approximate surface area is 230 Å². The van der Waals surface area contributed by atoms with Crippen LogP contribution in [0.25, 0.3) is 5.69 Å². The lowest BCUT2D eigenvalue weighted by molar-refractivity contribution is -0.116. The summed E-state index contributed by atoms with van der Waals surface area (Å²) < 4.78 is 7.11. The SMILES string of the molecule is CCCCCN(CC(=O)Nc1cc(C(C)(C)C)nn1-c1ccccc1Cl)C(=O)Nc1ccc(OCC)cc1. The van der Waals surface area contributed by atoms with Crippen LogP contribution in [-0.4, -0.2) is 46.3 Å². The molecule has 0 unspecified atom stereocenters. The van der Waals surface area contributed by atoms with E-state index in [9.17, 15) is 9.59 Å². The summed E-state index contributed by atoms with van der Waals surface area (Å²) >= 11 is 6.45. The van der Waals surface area contributed by atoms with Gasteiger partial charge in [0.25, 0.3) is 0 Å². The number of unbranched alkanes of at least 4 members (excludes halogenated alkanes) is 2. The molecule has 2 N–H and O–H groups in total. The molecule has 1 heterocycles. The number of halogens is 1. The number of aromatic nitrogens is 2. The van der Waals surface area contributed by atoms with Gasteiger partial charge in [-0.15, -0.1) is 0 Å². The van der Waals surface area contributed by atoms with E-state index in [4.69, 9.17) is 21.4 Å². The van der Waals surface area contributed by atoms with Gasteiger partial charge in [-0.2, -0.15) is 5.10 Å². The van der Waals surface area contributed by atoms with E-state index in [1.54, 1.807) is 35.0 Å². The van der Waals surface area contributed by atoms with Crippen molar-refractivity contribution in [3.63, 3.8) is 0 Å². The van der Waals surface area contributed by atoms with E-state index in [1.807, 2.05) is 31.2 Å². The molecule has 38 heavy (non-hydrogen) atoms. The number of anilines is 2. The first-order valence-corrected chi connectivity index (χ1v) is 13.4. The van der Waals surface area contributed by atoms with Crippen molar-refractivity contribution in [3.8, 4) is 11.4 Å². The highest BCUT2D eigenvalue weighted by molar-refractivity contribution is 6.32. The first-order valence-electron chi connectivity index (χ1n) is 13.1. The Kier molecular flexibility index (Phi) is 10.2. The zero-order chi connectivity index (χ0) is 27.7. The topological polar surface area (TPSA) is 88.5 Å². The van der Waals surface area contributed by atoms with Crippen LogP contribution in [0.4, 0.5) is 16.3 Å². The Bertz CT molecular complexity index is 1220. The summed E-state index contributed by atoms with van der Waals surface area (Å²) in [6, 6.07) is 16.0. The second-order valence-electron chi connectivity index (χ2n) is 10.1. The van der Waals surface area contributed by atoms with E-state index in [-0.39, 0.29) is 23.9 Å². The van der Waals surface area contributed by atoms with Crippen LogP contribution in [0.15, 0.2) is 54.6 Å². The predicted octanol–water partition coefficient (Wildman–Crippen LogP) is 6.88. The Hall–Kier alpha value is -3.52. The first-order chi connectivity index (χ1) is 18.1. The molecule has 9 heteroatoms. The highest BCUT2D eigenvalue weighted by Crippen LogP contribution is 2.29. The number of hydrogen-bond donors (Lipinski definition) is 2. The number of carbonyl (C=O) groups is 2. The largest absolute Gasteiger partial charge is 0.494 e. The molecular formula is C29H38ClN5O3. The van der Waals surface area contributed by atoms with Gasteiger partial charge < -0.3 is 20.3 Å². The predicted molar refractivity (Wildman–Crippen MR) is 154 cm³/mol. The van der Waals surface area contributed by atoms with Crippen LogP contribution in [0.5, 0.6) is 5.75 Å². The summed E-state index contributed by atoms with van der Waals surface area (Å²) in [4.78, 5) is 27.9. The van der Waals surface area contributed by atoms with Gasteiger partial charge in [0.2, 0.25) is 5.91 Å². The summed E-state index contributed by atoms with van der Waals surface area (Å²) in [5, 5.41) is 11.1. The molecule has 0 saturated heterocycles. The third-order valence-corrected chi connectivity index (χ3v) is 6.22. The van der Waals surface area contributed by atoms with E-state index < -0.39 is 0 Å². The average Bonchev–Trinajstić information content (AvgIpc) is 3.29. The van der Waals surface area contributed by atoms with E-state index in [2.05, 4.69) is 38.3 Å². The van der Waals surface area contributed by atoms with Crippen molar-refractivity contribution in [1.82, 2.24) is 14.7 Å². The number of hydrogen-bond acceptors (Lipinski definition) is 4. The lowest BCUT2D eigenvalue weighted by Crippen LogP contribution is -2.41. The number of rotatable bonds is 11. The van der Waals surface area contributed by atoms with E-state index >= 15 is 0 Å². The number of benzene rings is 2. The van der Waals surface area contributed by atoms with Gasteiger partial charge in [-0.05, 0) is 49.7 Å². The van der Waals surface area contributed by atoms with Gasteiger partial charge in [0, 0.05) is 23.7 Å². The van der Waals surface area contributed by atoms with Gasteiger partial charge in [0.05, 0.1) is 23.0 Å². The maximum absolute atomic E-state index is 13.2. The molecule has 0 bridgehead atoms. The molecule has 1 aromatic heterocycles. The molecule has 0 spiro atoms. The zero-order valence-corrected chi connectivity index (χ0v) is 23.6. The van der Waals surface area contributed by atoms with Gasteiger partial charge in [0.15, 0.2) is 0 Å². The molecule has 0 aliphatic heterocycles. The Morgan fingerprint density at radius 3 is 2.37 bits per heavy atom. The molecule has 8 nitrogen and oxygen atoms in total. The number of ether oxygens (including phenoxy) is 1. The highest BCUT2D eigenvalue weighted by Gasteiger charge is 2.24. The van der Waals surface area contributed by atoms with Gasteiger partial charge in [-0.25, -0.2) is 9.48 Å². The fraction of sp³-hybridized carbons (Fsp3) is 0.414. The van der Waals surface area contributed by atoms with Crippen molar-refractivity contribution < 1.29 is 14.3 Å². The smallest absolute Gasteiger partial charge is 0.322 e. The van der Waals surface area contributed by atoms with Crippen LogP contribution < -0.4 is 15.4 Å². The summed E-state index contributed by atoms with van der Waals surface area (Å²) in [5.41, 5.74) is 1.86. The molecule has 0 radical (unpaired) electrons. The lowest BCUT2D eigenvalue weighted by atomic mass is 9.92. The second-order valence-corrected chi connectivity index (χ2v) is 10.5. The third-order valence-electron chi connectivity index (χ3n) is 5.90. The minimum absolute atomic E-state index is 0.106. The average molecular weight is 540 g/mol. The minimum Gasteiger partial charge on any atom is -0.494 e. The quantitative estimate of drug-likeness (QED) is 0.260. The fourth-order valence-electron chi connectivity index (χ4n) is 3.81. The summed E-state index contributed by atoms with van der Waals surface area (Å²) in [7, 11) is 0. The summed E-state index contributed by atoms with van der Waals surface area (Å²) in [6.07, 6.45) is 2.77. The van der Waals surface area contributed by atoms with Gasteiger partial charge in [-0.1, -0.05) is 64.3 Å². The molecule has 3 rings (SSSR count). The molecular weight excluding hydrogens is 502 g/mol. The molecule has 3 aromatic rings. The van der Waals surface area contributed by atoms with Crippen molar-refractivity contribution in [1.29, 1.82) is 0 Å². The normalized spacial score (nSPS) is 11.2. The van der Waals surface area contributed by atoms with E-state index in [1.165, 1.54) is 4.90 Å². The lowest BCUT2D eigenvalue weighted by Gasteiger charge is -2.23. The van der Waals surface area contributed by atoms with E-state index in [0.717, 1.165) is 30.7 Å². The fourth-order valence-corrected chi connectivity index (χ4v) is 4.02. The summed E-state index contributed by atoms with van der Waals surface area (Å²) in [6.45, 7) is 11.1. The number of nitrogens with zero attached hydrogens (tertiary/aromatic N) is 3. The second kappa shape index (κ2) is 13.3. The Morgan fingerprint density at radius 2 is 1.74 bits per heavy atom. The molecule has 0 aliphatic rings. The maximum atomic E-state index is 13.2. The van der Waals surface area contributed by atoms with Crippen LogP contribution in [0.1, 0.15) is 59.6 Å². The molecule has 3 amide bonds. The monoisotopic (exact) mass is 539 g/mol. The van der Waals surface area contributed by atoms with Crippen molar-refractivity contribution in [2.75, 3.05) is 30.3 Å². The number of para-hydroxylation sites is 1. The zero-order valence-electron chi connectivity index (χ0n) is 22.9. The Balaban J connectivity index is 1.78. The Morgan fingerprint density at radius 1 is 1.03 bits per heavy atom. The molecule has 0 atom stereocenters. The first kappa shape index (κ1) is 29.0. The van der Waals surface area contributed by atoms with Crippen molar-refractivity contribution >= 4 is 35.0 Å². The number of amides is 3. The van der Waals surface area contributed by atoms with Crippen LogP contribution in [0.2, 0.25) is 5.02 Å². The minimum atomic E-state index is -0.338. The van der Waals surface area contributed by atoms with Crippen LogP contribution in [0, 0.1) is 0 Å². The van der Waals surface area contributed by atoms with Crippen LogP contribution >= 0.6 is 11.6 Å².